The third-order valence-corrected chi connectivity index (χ3v) is 2.88. The van der Waals surface area contributed by atoms with Gasteiger partial charge in [0.1, 0.15) is 12.4 Å². The first-order valence-corrected chi connectivity index (χ1v) is 5.01. The highest BCUT2D eigenvalue weighted by Gasteiger charge is 2.37. The molecule has 1 amide bonds. The number of hydrogen-bond donors (Lipinski definition) is 0. The van der Waals surface area contributed by atoms with Gasteiger partial charge in [0.25, 0.3) is 0 Å². The monoisotopic (exact) mass is 198 g/mol. The van der Waals surface area contributed by atoms with Gasteiger partial charge in [0.05, 0.1) is 6.04 Å². The Morgan fingerprint density at radius 1 is 1.79 bits per heavy atom. The Bertz CT molecular complexity index is 251. The lowest BCUT2D eigenvalue weighted by atomic mass is 9.99. The van der Waals surface area contributed by atoms with Gasteiger partial charge in [-0.25, -0.2) is 4.79 Å². The standard InChI is InChI=1S/C10H18N2O2/c1-5-7(2)9-6-14-10(13)12(9)8(3)11-4/h7,9H,5-6H2,1-4H3. The highest BCUT2D eigenvalue weighted by atomic mass is 16.6. The molecular formula is C10H18N2O2. The predicted molar refractivity (Wildman–Crippen MR) is 55.5 cm³/mol. The van der Waals surface area contributed by atoms with Crippen molar-refractivity contribution < 1.29 is 9.53 Å². The number of carbonyl (C=O) groups excluding carboxylic acids is 1. The zero-order chi connectivity index (χ0) is 10.7. The van der Waals surface area contributed by atoms with E-state index in [0.29, 0.717) is 12.5 Å². The van der Waals surface area contributed by atoms with Crippen molar-refractivity contribution in [3.63, 3.8) is 0 Å². The van der Waals surface area contributed by atoms with Crippen LogP contribution in [0, 0.1) is 5.92 Å². The maximum absolute atomic E-state index is 11.4. The molecule has 0 aromatic rings. The number of amides is 1. The van der Waals surface area contributed by atoms with Crippen LogP contribution >= 0.6 is 0 Å². The van der Waals surface area contributed by atoms with Gasteiger partial charge in [-0.2, -0.15) is 0 Å². The molecule has 2 unspecified atom stereocenters. The van der Waals surface area contributed by atoms with E-state index in [-0.39, 0.29) is 12.1 Å². The summed E-state index contributed by atoms with van der Waals surface area (Å²) in [6.45, 7) is 6.56. The maximum Gasteiger partial charge on any atom is 0.415 e. The fourth-order valence-electron chi connectivity index (χ4n) is 1.61. The SMILES string of the molecule is CCC(C)C1COC(=O)N1C(C)=NC. The number of carbonyl (C=O) groups is 1. The quantitative estimate of drug-likeness (QED) is 0.502. The molecule has 4 nitrogen and oxygen atoms in total. The molecular weight excluding hydrogens is 180 g/mol. The second kappa shape index (κ2) is 4.44. The summed E-state index contributed by atoms with van der Waals surface area (Å²) in [4.78, 5) is 17.1. The van der Waals surface area contributed by atoms with E-state index in [0.717, 1.165) is 12.3 Å². The van der Waals surface area contributed by atoms with Crippen LogP contribution in [0.2, 0.25) is 0 Å². The third-order valence-electron chi connectivity index (χ3n) is 2.88. The number of nitrogens with zero attached hydrogens (tertiary/aromatic N) is 2. The van der Waals surface area contributed by atoms with Crippen molar-refractivity contribution in [2.75, 3.05) is 13.7 Å². The van der Waals surface area contributed by atoms with Crippen LogP contribution in [-0.4, -0.2) is 36.5 Å². The van der Waals surface area contributed by atoms with Gasteiger partial charge in [0.15, 0.2) is 0 Å². The van der Waals surface area contributed by atoms with Crippen molar-refractivity contribution in [2.45, 2.75) is 33.2 Å². The van der Waals surface area contributed by atoms with E-state index in [1.165, 1.54) is 0 Å². The minimum Gasteiger partial charge on any atom is -0.447 e. The van der Waals surface area contributed by atoms with E-state index in [1.54, 1.807) is 11.9 Å². The van der Waals surface area contributed by atoms with E-state index in [4.69, 9.17) is 4.74 Å². The van der Waals surface area contributed by atoms with Crippen LogP contribution in [0.3, 0.4) is 0 Å². The molecule has 1 heterocycles. The molecule has 0 saturated carbocycles. The summed E-state index contributed by atoms with van der Waals surface area (Å²) in [7, 11) is 1.69. The van der Waals surface area contributed by atoms with E-state index < -0.39 is 0 Å². The molecule has 1 aliphatic heterocycles. The van der Waals surface area contributed by atoms with Crippen LogP contribution in [0.1, 0.15) is 27.2 Å². The van der Waals surface area contributed by atoms with Crippen molar-refractivity contribution in [2.24, 2.45) is 10.9 Å². The number of rotatable bonds is 2. The molecule has 14 heavy (non-hydrogen) atoms. The second-order valence-electron chi connectivity index (χ2n) is 3.67. The molecule has 1 rings (SSSR count). The van der Waals surface area contributed by atoms with Gasteiger partial charge >= 0.3 is 6.09 Å². The predicted octanol–water partition coefficient (Wildman–Crippen LogP) is 1.90. The highest BCUT2D eigenvalue weighted by Crippen LogP contribution is 2.22. The Hall–Kier alpha value is -1.06. The van der Waals surface area contributed by atoms with E-state index in [1.807, 2.05) is 6.92 Å². The van der Waals surface area contributed by atoms with Gasteiger partial charge in [-0.1, -0.05) is 20.3 Å². The molecule has 0 bridgehead atoms. The average Bonchev–Trinajstić information content (AvgIpc) is 2.58. The Balaban J connectivity index is 2.82. The zero-order valence-electron chi connectivity index (χ0n) is 9.28. The van der Waals surface area contributed by atoms with Crippen molar-refractivity contribution in [1.29, 1.82) is 0 Å². The molecule has 80 valence electrons. The van der Waals surface area contributed by atoms with Crippen molar-refractivity contribution in [1.82, 2.24) is 4.90 Å². The second-order valence-corrected chi connectivity index (χ2v) is 3.67. The van der Waals surface area contributed by atoms with Gasteiger partial charge in [0, 0.05) is 7.05 Å². The van der Waals surface area contributed by atoms with Gasteiger partial charge in [0.2, 0.25) is 0 Å². The average molecular weight is 198 g/mol. The Morgan fingerprint density at radius 2 is 2.43 bits per heavy atom. The molecule has 0 N–H and O–H groups in total. The minimum atomic E-state index is -0.265. The fourth-order valence-corrected chi connectivity index (χ4v) is 1.61. The summed E-state index contributed by atoms with van der Waals surface area (Å²) in [6, 6.07) is 0.149. The molecule has 2 atom stereocenters. The van der Waals surface area contributed by atoms with Gasteiger partial charge < -0.3 is 4.74 Å². The first kappa shape index (κ1) is 11.0. The first-order chi connectivity index (χ1) is 6.61. The summed E-state index contributed by atoms with van der Waals surface area (Å²) >= 11 is 0. The van der Waals surface area contributed by atoms with E-state index in [9.17, 15) is 4.79 Å². The van der Waals surface area contributed by atoms with Crippen LogP contribution in [0.4, 0.5) is 4.79 Å². The lowest BCUT2D eigenvalue weighted by Crippen LogP contribution is -2.41. The maximum atomic E-state index is 11.4. The van der Waals surface area contributed by atoms with Crippen LogP contribution < -0.4 is 0 Å². The fraction of sp³-hybridized carbons (Fsp3) is 0.800. The van der Waals surface area contributed by atoms with Crippen LogP contribution in [0.25, 0.3) is 0 Å². The summed E-state index contributed by atoms with van der Waals surface area (Å²) in [5, 5.41) is 0. The van der Waals surface area contributed by atoms with E-state index in [2.05, 4.69) is 18.8 Å². The van der Waals surface area contributed by atoms with Gasteiger partial charge in [-0.05, 0) is 12.8 Å². The molecule has 1 aliphatic rings. The lowest BCUT2D eigenvalue weighted by Gasteiger charge is -2.25. The van der Waals surface area contributed by atoms with Crippen molar-refractivity contribution >= 4 is 11.9 Å². The topological polar surface area (TPSA) is 41.9 Å². The lowest BCUT2D eigenvalue weighted by molar-refractivity contribution is 0.168. The first-order valence-electron chi connectivity index (χ1n) is 5.01. The summed E-state index contributed by atoms with van der Waals surface area (Å²) in [5.74, 6) is 1.18. The molecule has 0 aromatic heterocycles. The highest BCUT2D eigenvalue weighted by molar-refractivity contribution is 5.95. The van der Waals surface area contributed by atoms with Crippen molar-refractivity contribution in [3.8, 4) is 0 Å². The Labute approximate surface area is 84.9 Å². The number of ether oxygens (including phenoxy) is 1. The summed E-state index contributed by atoms with van der Waals surface area (Å²) in [6.07, 6.45) is 0.771. The van der Waals surface area contributed by atoms with Gasteiger partial charge in [-0.3, -0.25) is 9.89 Å². The Morgan fingerprint density at radius 3 is 2.93 bits per heavy atom. The molecule has 0 aliphatic carbocycles. The smallest absolute Gasteiger partial charge is 0.415 e. The third kappa shape index (κ3) is 1.89. The number of cyclic esters (lactones) is 1. The van der Waals surface area contributed by atoms with Crippen molar-refractivity contribution in [3.05, 3.63) is 0 Å². The number of amidine groups is 1. The molecule has 1 saturated heterocycles. The van der Waals surface area contributed by atoms with Crippen LogP contribution in [0.15, 0.2) is 4.99 Å². The summed E-state index contributed by atoms with van der Waals surface area (Å²) < 4.78 is 5.03. The largest absolute Gasteiger partial charge is 0.447 e. The zero-order valence-corrected chi connectivity index (χ0v) is 9.28. The number of aliphatic imine (C=N–C) groups is 1. The minimum absolute atomic E-state index is 0.149. The summed E-state index contributed by atoms with van der Waals surface area (Å²) in [5.41, 5.74) is 0. The molecule has 0 radical (unpaired) electrons. The van der Waals surface area contributed by atoms with Crippen LogP contribution in [0.5, 0.6) is 0 Å². The van der Waals surface area contributed by atoms with E-state index >= 15 is 0 Å². The molecule has 4 heteroatoms. The Kier molecular flexibility index (Phi) is 3.49. The van der Waals surface area contributed by atoms with Crippen LogP contribution in [-0.2, 0) is 4.74 Å². The normalized spacial score (nSPS) is 25.1. The molecule has 0 spiro atoms. The molecule has 1 fully saturated rings. The molecule has 0 aromatic carbocycles. The van der Waals surface area contributed by atoms with Gasteiger partial charge in [-0.15, -0.1) is 0 Å². The number of hydrogen-bond acceptors (Lipinski definition) is 3.